The molecule has 2 heterocycles. The number of amides is 1. The van der Waals surface area contributed by atoms with Crippen molar-refractivity contribution in [2.75, 3.05) is 6.61 Å². The zero-order valence-corrected chi connectivity index (χ0v) is 12.8. The van der Waals surface area contributed by atoms with Crippen molar-refractivity contribution in [3.63, 3.8) is 0 Å². The minimum atomic E-state index is -1.21. The molecule has 0 saturated heterocycles. The highest BCUT2D eigenvalue weighted by Crippen LogP contribution is 2.37. The number of rotatable bonds is 5. The molecule has 0 bridgehead atoms. The van der Waals surface area contributed by atoms with E-state index in [1.165, 1.54) is 0 Å². The molecule has 6 nitrogen and oxygen atoms in total. The molecule has 0 radical (unpaired) electrons. The number of ether oxygens (including phenoxy) is 1. The van der Waals surface area contributed by atoms with Gasteiger partial charge < -0.3 is 10.5 Å². The van der Waals surface area contributed by atoms with E-state index in [2.05, 4.69) is 15.3 Å². The Kier molecular flexibility index (Phi) is 3.97. The van der Waals surface area contributed by atoms with Crippen LogP contribution in [0.25, 0.3) is 0 Å². The van der Waals surface area contributed by atoms with Gasteiger partial charge in [0.25, 0.3) is 5.91 Å². The fourth-order valence-electron chi connectivity index (χ4n) is 2.65. The van der Waals surface area contributed by atoms with Crippen LogP contribution in [0.15, 0.2) is 53.8 Å². The van der Waals surface area contributed by atoms with E-state index in [-0.39, 0.29) is 11.9 Å². The van der Waals surface area contributed by atoms with Crippen molar-refractivity contribution in [2.24, 2.45) is 10.7 Å². The summed E-state index contributed by atoms with van der Waals surface area (Å²) in [5, 5.41) is 2.59. The maximum atomic E-state index is 12.7. The normalized spacial score (nSPS) is 20.0. The maximum absolute atomic E-state index is 12.7. The smallest absolute Gasteiger partial charge is 0.263 e. The van der Waals surface area contributed by atoms with Crippen LogP contribution < -0.4 is 15.8 Å². The third-order valence-electron chi connectivity index (χ3n) is 3.68. The second-order valence-corrected chi connectivity index (χ2v) is 5.27. The number of hydrogen-bond donors (Lipinski definition) is 2. The number of aliphatic imine (C=N–C) groups is 1. The lowest BCUT2D eigenvalue weighted by atomic mass is 9.83. The van der Waals surface area contributed by atoms with E-state index in [0.29, 0.717) is 23.5 Å². The monoisotopic (exact) mass is 310 g/mol. The van der Waals surface area contributed by atoms with Gasteiger partial charge in [0.1, 0.15) is 5.75 Å². The van der Waals surface area contributed by atoms with Crippen LogP contribution in [0.2, 0.25) is 0 Å². The number of carbonyl (C=O) groups excluding carboxylic acids is 1. The molecule has 3 N–H and O–H groups in total. The molecule has 0 fully saturated rings. The average molecular weight is 310 g/mol. The summed E-state index contributed by atoms with van der Waals surface area (Å²) in [6.45, 7) is 2.65. The summed E-state index contributed by atoms with van der Waals surface area (Å²) in [5.41, 5.74) is 5.97. The number of guanidine groups is 1. The summed E-state index contributed by atoms with van der Waals surface area (Å²) in [6, 6.07) is 10.9. The Morgan fingerprint density at radius 3 is 2.65 bits per heavy atom. The molecule has 1 aliphatic heterocycles. The van der Waals surface area contributed by atoms with E-state index in [9.17, 15) is 4.79 Å². The van der Waals surface area contributed by atoms with Gasteiger partial charge in [-0.2, -0.15) is 0 Å². The van der Waals surface area contributed by atoms with E-state index in [1.54, 1.807) is 24.5 Å². The lowest BCUT2D eigenvalue weighted by molar-refractivity contribution is -0.122. The summed E-state index contributed by atoms with van der Waals surface area (Å²) in [7, 11) is 0. The van der Waals surface area contributed by atoms with Crippen molar-refractivity contribution in [3.05, 3.63) is 59.9 Å². The van der Waals surface area contributed by atoms with Crippen molar-refractivity contribution in [1.29, 1.82) is 0 Å². The fraction of sp³-hybridized carbons (Fsp3) is 0.235. The van der Waals surface area contributed by atoms with Crippen LogP contribution in [0, 0.1) is 0 Å². The minimum Gasteiger partial charge on any atom is -0.494 e. The standard InChI is InChI=1S/C17H18N4O2/c1-2-10-23-14-5-3-4-13(11-14)17(12-6-8-19-9-7-12)15(22)20-16(18)21-17/h3-9,11H,2,10H2,1H3,(H3,18,20,21,22). The van der Waals surface area contributed by atoms with E-state index < -0.39 is 5.54 Å². The second-order valence-electron chi connectivity index (χ2n) is 5.27. The zero-order chi connectivity index (χ0) is 16.3. The molecule has 2 aromatic rings. The molecule has 0 saturated carbocycles. The van der Waals surface area contributed by atoms with E-state index in [4.69, 9.17) is 10.5 Å². The molecule has 1 amide bonds. The lowest BCUT2D eigenvalue weighted by Gasteiger charge is -2.24. The number of hydrogen-bond acceptors (Lipinski definition) is 5. The lowest BCUT2D eigenvalue weighted by Crippen LogP contribution is -2.39. The van der Waals surface area contributed by atoms with Crippen LogP contribution in [0.3, 0.4) is 0 Å². The summed E-state index contributed by atoms with van der Waals surface area (Å²) in [6.07, 6.45) is 4.17. The minimum absolute atomic E-state index is 0.103. The summed E-state index contributed by atoms with van der Waals surface area (Å²) < 4.78 is 5.67. The predicted octanol–water partition coefficient (Wildman–Crippen LogP) is 1.56. The van der Waals surface area contributed by atoms with Crippen molar-refractivity contribution in [3.8, 4) is 5.75 Å². The summed E-state index contributed by atoms with van der Waals surface area (Å²) in [5.74, 6) is 0.520. The summed E-state index contributed by atoms with van der Waals surface area (Å²) >= 11 is 0. The van der Waals surface area contributed by atoms with Gasteiger partial charge in [0.05, 0.1) is 6.61 Å². The Hall–Kier alpha value is -2.89. The van der Waals surface area contributed by atoms with Gasteiger partial charge in [-0.1, -0.05) is 19.1 Å². The third kappa shape index (κ3) is 2.63. The van der Waals surface area contributed by atoms with Crippen molar-refractivity contribution < 1.29 is 9.53 Å². The van der Waals surface area contributed by atoms with Crippen molar-refractivity contribution in [1.82, 2.24) is 10.3 Å². The number of benzene rings is 1. The molecule has 1 aromatic carbocycles. The van der Waals surface area contributed by atoms with Crippen LogP contribution in [-0.4, -0.2) is 23.5 Å². The number of carbonyl (C=O) groups is 1. The van der Waals surface area contributed by atoms with Gasteiger partial charge in [0.2, 0.25) is 0 Å². The first-order valence-electron chi connectivity index (χ1n) is 7.47. The number of nitrogens with one attached hydrogen (secondary N) is 1. The highest BCUT2D eigenvalue weighted by atomic mass is 16.5. The summed E-state index contributed by atoms with van der Waals surface area (Å²) in [4.78, 5) is 21.1. The molecule has 1 atom stereocenters. The molecule has 23 heavy (non-hydrogen) atoms. The van der Waals surface area contributed by atoms with Crippen molar-refractivity contribution in [2.45, 2.75) is 18.9 Å². The Morgan fingerprint density at radius 1 is 1.22 bits per heavy atom. The van der Waals surface area contributed by atoms with Crippen LogP contribution in [-0.2, 0) is 10.3 Å². The number of nitrogens with zero attached hydrogens (tertiary/aromatic N) is 2. The van der Waals surface area contributed by atoms with Crippen LogP contribution >= 0.6 is 0 Å². The fourth-order valence-corrected chi connectivity index (χ4v) is 2.65. The van der Waals surface area contributed by atoms with Crippen molar-refractivity contribution >= 4 is 11.9 Å². The first kappa shape index (κ1) is 15.0. The van der Waals surface area contributed by atoms with Gasteiger partial charge in [-0.05, 0) is 41.8 Å². The average Bonchev–Trinajstić information content (AvgIpc) is 2.89. The largest absolute Gasteiger partial charge is 0.494 e. The van der Waals surface area contributed by atoms with E-state index in [0.717, 1.165) is 6.42 Å². The SMILES string of the molecule is CCCOc1cccc(C2(c3ccncc3)N=C(N)NC2=O)c1. The molecule has 3 rings (SSSR count). The topological polar surface area (TPSA) is 89.6 Å². The zero-order valence-electron chi connectivity index (χ0n) is 12.8. The van der Waals surface area contributed by atoms with Gasteiger partial charge in [-0.25, -0.2) is 4.99 Å². The molecule has 1 unspecified atom stereocenters. The van der Waals surface area contributed by atoms with Crippen LogP contribution in [0.1, 0.15) is 24.5 Å². The molecule has 6 heteroatoms. The molecule has 118 valence electrons. The van der Waals surface area contributed by atoms with E-state index >= 15 is 0 Å². The van der Waals surface area contributed by atoms with Crippen LogP contribution in [0.5, 0.6) is 5.75 Å². The highest BCUT2D eigenvalue weighted by molar-refractivity contribution is 6.09. The number of pyridine rings is 1. The van der Waals surface area contributed by atoms with Gasteiger partial charge in [-0.3, -0.25) is 15.1 Å². The third-order valence-corrected chi connectivity index (χ3v) is 3.68. The Morgan fingerprint density at radius 2 is 2.00 bits per heavy atom. The quantitative estimate of drug-likeness (QED) is 0.877. The molecule has 0 aliphatic carbocycles. The Labute approximate surface area is 134 Å². The van der Waals surface area contributed by atoms with Gasteiger partial charge in [-0.15, -0.1) is 0 Å². The Bertz CT molecular complexity index is 745. The van der Waals surface area contributed by atoms with Crippen LogP contribution in [0.4, 0.5) is 0 Å². The number of aromatic nitrogens is 1. The Balaban J connectivity index is 2.13. The molecule has 1 aliphatic rings. The predicted molar refractivity (Wildman–Crippen MR) is 87.0 cm³/mol. The van der Waals surface area contributed by atoms with Gasteiger partial charge in [0.15, 0.2) is 11.5 Å². The second kappa shape index (κ2) is 6.08. The first-order chi connectivity index (χ1) is 11.2. The number of nitrogens with two attached hydrogens (primary N) is 1. The van der Waals surface area contributed by atoms with Gasteiger partial charge in [0, 0.05) is 12.4 Å². The molecule has 1 aromatic heterocycles. The first-order valence-corrected chi connectivity index (χ1v) is 7.47. The molecule has 0 spiro atoms. The molecular weight excluding hydrogens is 292 g/mol. The molecular formula is C17H18N4O2. The van der Waals surface area contributed by atoms with E-state index in [1.807, 2.05) is 31.2 Å². The van der Waals surface area contributed by atoms with Gasteiger partial charge >= 0.3 is 0 Å². The maximum Gasteiger partial charge on any atom is 0.263 e. The highest BCUT2D eigenvalue weighted by Gasteiger charge is 2.46.